The SMILES string of the molecule is CN1C(C)(C)CC(OC(=O)c2cc(I)ccc2F)CC1(C)C. The monoisotopic (exact) mass is 419 g/mol. The Bertz CT molecular complexity index is 568. The van der Waals surface area contributed by atoms with E-state index in [0.29, 0.717) is 0 Å². The van der Waals surface area contributed by atoms with E-state index in [1.165, 1.54) is 12.1 Å². The third kappa shape index (κ3) is 3.62. The molecule has 0 spiro atoms. The number of esters is 1. The number of benzene rings is 1. The molecule has 1 aliphatic heterocycles. The summed E-state index contributed by atoms with van der Waals surface area (Å²) in [5, 5.41) is 0. The van der Waals surface area contributed by atoms with E-state index in [4.69, 9.17) is 4.74 Å². The van der Waals surface area contributed by atoms with Crippen LogP contribution < -0.4 is 0 Å². The van der Waals surface area contributed by atoms with Gasteiger partial charge in [0, 0.05) is 27.5 Å². The molecule has 1 saturated heterocycles. The minimum atomic E-state index is -0.572. The molecular formula is C17H23FINO2. The quantitative estimate of drug-likeness (QED) is 0.531. The smallest absolute Gasteiger partial charge is 0.341 e. The zero-order valence-electron chi connectivity index (χ0n) is 13.7. The summed E-state index contributed by atoms with van der Waals surface area (Å²) in [4.78, 5) is 14.6. The van der Waals surface area contributed by atoms with Gasteiger partial charge in [0.1, 0.15) is 11.9 Å². The van der Waals surface area contributed by atoms with Crippen LogP contribution >= 0.6 is 22.6 Å². The number of piperidine rings is 1. The van der Waals surface area contributed by atoms with E-state index in [0.717, 1.165) is 16.4 Å². The van der Waals surface area contributed by atoms with Crippen LogP contribution in [0.2, 0.25) is 0 Å². The van der Waals surface area contributed by atoms with Gasteiger partial charge in [-0.25, -0.2) is 9.18 Å². The number of carbonyl (C=O) groups excluding carboxylic acids is 1. The average molecular weight is 419 g/mol. The maximum absolute atomic E-state index is 13.8. The van der Waals surface area contributed by atoms with Crippen molar-refractivity contribution in [3.05, 3.63) is 33.1 Å². The number of halogens is 2. The molecule has 2 rings (SSSR count). The Morgan fingerprint density at radius 2 is 1.82 bits per heavy atom. The molecular weight excluding hydrogens is 396 g/mol. The number of hydrogen-bond donors (Lipinski definition) is 0. The first-order chi connectivity index (χ1) is 10.0. The summed E-state index contributed by atoms with van der Waals surface area (Å²) in [5.74, 6) is -1.10. The molecule has 122 valence electrons. The Balaban J connectivity index is 2.17. The van der Waals surface area contributed by atoms with Gasteiger partial charge in [-0.1, -0.05) is 0 Å². The fraction of sp³-hybridized carbons (Fsp3) is 0.588. The van der Waals surface area contributed by atoms with Crippen molar-refractivity contribution in [1.82, 2.24) is 4.90 Å². The van der Waals surface area contributed by atoms with Gasteiger partial charge in [-0.3, -0.25) is 4.90 Å². The summed E-state index contributed by atoms with van der Waals surface area (Å²) < 4.78 is 20.3. The summed E-state index contributed by atoms with van der Waals surface area (Å²) >= 11 is 2.06. The van der Waals surface area contributed by atoms with Crippen LogP contribution in [-0.2, 0) is 4.74 Å². The lowest BCUT2D eigenvalue weighted by molar-refractivity contribution is -0.0733. The average Bonchev–Trinajstić information content (AvgIpc) is 2.38. The van der Waals surface area contributed by atoms with Crippen LogP contribution in [0.5, 0.6) is 0 Å². The van der Waals surface area contributed by atoms with Crippen LogP contribution in [0.25, 0.3) is 0 Å². The Morgan fingerprint density at radius 3 is 2.36 bits per heavy atom. The molecule has 1 heterocycles. The van der Waals surface area contributed by atoms with Gasteiger partial charge in [0.25, 0.3) is 0 Å². The molecule has 5 heteroatoms. The van der Waals surface area contributed by atoms with E-state index >= 15 is 0 Å². The highest BCUT2D eigenvalue weighted by Gasteiger charge is 2.44. The summed E-state index contributed by atoms with van der Waals surface area (Å²) in [7, 11) is 2.09. The maximum atomic E-state index is 13.8. The van der Waals surface area contributed by atoms with Gasteiger partial charge in [0.05, 0.1) is 5.56 Å². The van der Waals surface area contributed by atoms with Gasteiger partial charge in [-0.15, -0.1) is 0 Å². The Morgan fingerprint density at radius 1 is 1.27 bits per heavy atom. The number of ether oxygens (including phenoxy) is 1. The van der Waals surface area contributed by atoms with Crippen molar-refractivity contribution in [1.29, 1.82) is 0 Å². The molecule has 1 aromatic rings. The van der Waals surface area contributed by atoms with E-state index in [1.807, 2.05) is 0 Å². The van der Waals surface area contributed by atoms with Crippen LogP contribution in [0.15, 0.2) is 18.2 Å². The van der Waals surface area contributed by atoms with Crippen molar-refractivity contribution < 1.29 is 13.9 Å². The Labute approximate surface area is 145 Å². The molecule has 0 aromatic heterocycles. The fourth-order valence-electron chi connectivity index (χ4n) is 3.23. The van der Waals surface area contributed by atoms with Gasteiger partial charge in [-0.05, 0) is 75.5 Å². The van der Waals surface area contributed by atoms with Crippen molar-refractivity contribution in [2.75, 3.05) is 7.05 Å². The fourth-order valence-corrected chi connectivity index (χ4v) is 3.72. The first-order valence-electron chi connectivity index (χ1n) is 7.43. The minimum Gasteiger partial charge on any atom is -0.459 e. The highest BCUT2D eigenvalue weighted by molar-refractivity contribution is 14.1. The van der Waals surface area contributed by atoms with E-state index < -0.39 is 11.8 Å². The molecule has 1 aromatic carbocycles. The number of likely N-dealkylation sites (tertiary alicyclic amines) is 1. The standard InChI is InChI=1S/C17H23FINO2/c1-16(2)9-12(10-17(3,4)20(16)5)22-15(21)13-8-11(19)6-7-14(13)18/h6-8,12H,9-10H2,1-5H3. The third-order valence-electron chi connectivity index (χ3n) is 4.69. The normalized spacial score (nSPS) is 21.6. The van der Waals surface area contributed by atoms with E-state index in [2.05, 4.69) is 62.2 Å². The van der Waals surface area contributed by atoms with E-state index in [-0.39, 0.29) is 22.7 Å². The molecule has 0 N–H and O–H groups in total. The van der Waals surface area contributed by atoms with E-state index in [9.17, 15) is 9.18 Å². The van der Waals surface area contributed by atoms with Crippen molar-refractivity contribution in [3.8, 4) is 0 Å². The lowest BCUT2D eigenvalue weighted by Gasteiger charge is -2.53. The van der Waals surface area contributed by atoms with Crippen molar-refractivity contribution in [2.24, 2.45) is 0 Å². The van der Waals surface area contributed by atoms with Gasteiger partial charge in [-0.2, -0.15) is 0 Å². The van der Waals surface area contributed by atoms with Gasteiger partial charge in [0.15, 0.2) is 0 Å². The number of rotatable bonds is 2. The highest BCUT2D eigenvalue weighted by atomic mass is 127. The first-order valence-corrected chi connectivity index (χ1v) is 8.51. The minimum absolute atomic E-state index is 0.0152. The molecule has 1 aliphatic rings. The molecule has 0 radical (unpaired) electrons. The van der Waals surface area contributed by atoms with Crippen molar-refractivity contribution in [2.45, 2.75) is 57.7 Å². The molecule has 22 heavy (non-hydrogen) atoms. The van der Waals surface area contributed by atoms with Crippen LogP contribution in [0, 0.1) is 9.39 Å². The summed E-state index contributed by atoms with van der Waals surface area (Å²) in [6.45, 7) is 8.56. The van der Waals surface area contributed by atoms with Crippen LogP contribution in [0.3, 0.4) is 0 Å². The third-order valence-corrected chi connectivity index (χ3v) is 5.36. The van der Waals surface area contributed by atoms with Crippen molar-refractivity contribution in [3.63, 3.8) is 0 Å². The maximum Gasteiger partial charge on any atom is 0.341 e. The Kier molecular flexibility index (Phi) is 4.88. The van der Waals surface area contributed by atoms with E-state index in [1.54, 1.807) is 6.07 Å². The summed E-state index contributed by atoms with van der Waals surface area (Å²) in [6, 6.07) is 4.47. The zero-order chi connectivity index (χ0) is 16.7. The second-order valence-corrected chi connectivity index (χ2v) is 8.49. The molecule has 0 aliphatic carbocycles. The lowest BCUT2D eigenvalue weighted by Crippen LogP contribution is -2.60. The van der Waals surface area contributed by atoms with Gasteiger partial charge < -0.3 is 4.74 Å². The van der Waals surface area contributed by atoms with Crippen LogP contribution in [-0.4, -0.2) is 35.1 Å². The van der Waals surface area contributed by atoms with Gasteiger partial charge in [0.2, 0.25) is 0 Å². The van der Waals surface area contributed by atoms with Crippen LogP contribution in [0.1, 0.15) is 50.9 Å². The number of carbonyl (C=O) groups is 1. The number of hydrogen-bond acceptors (Lipinski definition) is 3. The topological polar surface area (TPSA) is 29.5 Å². The molecule has 0 unspecified atom stereocenters. The number of nitrogens with zero attached hydrogens (tertiary/aromatic N) is 1. The summed E-state index contributed by atoms with van der Waals surface area (Å²) in [6.07, 6.45) is 1.28. The zero-order valence-corrected chi connectivity index (χ0v) is 15.9. The molecule has 3 nitrogen and oxygen atoms in total. The largest absolute Gasteiger partial charge is 0.459 e. The van der Waals surface area contributed by atoms with Crippen LogP contribution in [0.4, 0.5) is 4.39 Å². The first kappa shape index (κ1) is 17.7. The molecule has 0 atom stereocenters. The predicted octanol–water partition coefficient (Wildman–Crippen LogP) is 4.24. The second-order valence-electron chi connectivity index (χ2n) is 7.24. The predicted molar refractivity (Wildman–Crippen MR) is 93.5 cm³/mol. The lowest BCUT2D eigenvalue weighted by atomic mass is 9.79. The molecule has 0 saturated carbocycles. The van der Waals surface area contributed by atoms with Crippen molar-refractivity contribution >= 4 is 28.6 Å². The Hall–Kier alpha value is -0.690. The molecule has 1 fully saturated rings. The van der Waals surface area contributed by atoms with Gasteiger partial charge >= 0.3 is 5.97 Å². The second kappa shape index (κ2) is 6.07. The summed E-state index contributed by atoms with van der Waals surface area (Å²) in [5.41, 5.74) is -0.131. The molecule has 0 bridgehead atoms. The molecule has 0 amide bonds. The highest BCUT2D eigenvalue weighted by Crippen LogP contribution is 2.38.